The van der Waals surface area contributed by atoms with Crippen LogP contribution in [0.4, 0.5) is 0 Å². The van der Waals surface area contributed by atoms with Crippen molar-refractivity contribution in [2.75, 3.05) is 19.7 Å². The molecule has 0 unspecified atom stereocenters. The molecule has 1 aromatic heterocycles. The van der Waals surface area contributed by atoms with Gasteiger partial charge in [-0.3, -0.25) is 4.79 Å². The average Bonchev–Trinajstić information content (AvgIpc) is 2.68. The van der Waals surface area contributed by atoms with Crippen molar-refractivity contribution in [3.63, 3.8) is 0 Å². The van der Waals surface area contributed by atoms with Gasteiger partial charge in [-0.2, -0.15) is 5.10 Å². The highest BCUT2D eigenvalue weighted by atomic mass is 16.6. The van der Waals surface area contributed by atoms with Crippen molar-refractivity contribution >= 4 is 5.91 Å². The lowest BCUT2D eigenvalue weighted by Gasteiger charge is -2.35. The van der Waals surface area contributed by atoms with Crippen molar-refractivity contribution in [2.24, 2.45) is 0 Å². The van der Waals surface area contributed by atoms with E-state index in [4.69, 9.17) is 14.2 Å². The molecule has 0 bridgehead atoms. The molecule has 2 aliphatic rings. The van der Waals surface area contributed by atoms with Crippen molar-refractivity contribution in [1.29, 1.82) is 0 Å². The molecule has 2 aliphatic heterocycles. The van der Waals surface area contributed by atoms with Crippen LogP contribution in [0.2, 0.25) is 0 Å². The number of aromatic nitrogens is 2. The van der Waals surface area contributed by atoms with E-state index in [9.17, 15) is 4.79 Å². The molecule has 7 heteroatoms. The second-order valence-electron chi connectivity index (χ2n) is 6.07. The fourth-order valence-electron chi connectivity index (χ4n) is 3.06. The first-order valence-electron chi connectivity index (χ1n) is 8.41. The largest absolute Gasteiger partial charge is 0.485 e. The maximum Gasteiger partial charge on any atom is 0.267 e. The fraction of sp³-hybridized carbons (Fsp3) is 0.389. The quantitative estimate of drug-likeness (QED) is 0.846. The van der Waals surface area contributed by atoms with E-state index in [0.717, 1.165) is 12.8 Å². The number of piperidine rings is 1. The molecule has 1 amide bonds. The first-order chi connectivity index (χ1) is 12.3. The summed E-state index contributed by atoms with van der Waals surface area (Å²) in [5.41, 5.74) is 0. The third kappa shape index (κ3) is 3.50. The zero-order valence-corrected chi connectivity index (χ0v) is 13.7. The average molecular weight is 341 g/mol. The molecule has 2 aromatic rings. The van der Waals surface area contributed by atoms with E-state index >= 15 is 0 Å². The Balaban J connectivity index is 1.31. The van der Waals surface area contributed by atoms with Gasteiger partial charge in [0.15, 0.2) is 11.5 Å². The number of likely N-dealkylation sites (tertiary alicyclic amines) is 1. The Morgan fingerprint density at radius 2 is 1.92 bits per heavy atom. The predicted octanol–water partition coefficient (Wildman–Crippen LogP) is 1.69. The molecule has 0 spiro atoms. The maximum absolute atomic E-state index is 12.7. The highest BCUT2D eigenvalue weighted by molar-refractivity contribution is 5.82. The van der Waals surface area contributed by atoms with Gasteiger partial charge in [0.05, 0.1) is 0 Å². The standard InChI is InChI=1S/C18H19N3O4/c22-18(16-12-23-14-4-1-2-5-15(14)25-16)21-10-7-13(8-11-21)24-17-6-3-9-19-20-17/h1-6,9,13,16H,7-8,10-12H2/t16-/m0/s1. The van der Waals surface area contributed by atoms with Gasteiger partial charge in [0.2, 0.25) is 12.0 Å². The molecule has 25 heavy (non-hydrogen) atoms. The number of carbonyl (C=O) groups excluding carboxylic acids is 1. The van der Waals surface area contributed by atoms with Gasteiger partial charge in [-0.05, 0) is 18.2 Å². The number of ether oxygens (including phenoxy) is 3. The van der Waals surface area contributed by atoms with Gasteiger partial charge in [-0.1, -0.05) is 12.1 Å². The smallest absolute Gasteiger partial charge is 0.267 e. The van der Waals surface area contributed by atoms with Crippen molar-refractivity contribution < 1.29 is 19.0 Å². The lowest BCUT2D eigenvalue weighted by atomic mass is 10.1. The molecule has 0 N–H and O–H groups in total. The molecule has 130 valence electrons. The molecule has 0 radical (unpaired) electrons. The van der Waals surface area contributed by atoms with E-state index < -0.39 is 6.10 Å². The second kappa shape index (κ2) is 6.96. The van der Waals surface area contributed by atoms with Gasteiger partial charge in [-0.15, -0.1) is 5.10 Å². The normalized spacial score (nSPS) is 20.2. The third-order valence-corrected chi connectivity index (χ3v) is 4.37. The summed E-state index contributed by atoms with van der Waals surface area (Å²) >= 11 is 0. The van der Waals surface area contributed by atoms with Crippen LogP contribution >= 0.6 is 0 Å². The van der Waals surface area contributed by atoms with Crippen LogP contribution in [0.15, 0.2) is 42.6 Å². The number of rotatable bonds is 3. The molecule has 0 aliphatic carbocycles. The van der Waals surface area contributed by atoms with Crippen LogP contribution < -0.4 is 14.2 Å². The van der Waals surface area contributed by atoms with Gasteiger partial charge in [-0.25, -0.2) is 0 Å². The van der Waals surface area contributed by atoms with Crippen LogP contribution in [-0.4, -0.2) is 52.9 Å². The molecule has 4 rings (SSSR count). The number of amides is 1. The Bertz CT molecular complexity index is 732. The summed E-state index contributed by atoms with van der Waals surface area (Å²) in [6.07, 6.45) is 2.58. The number of hydrogen-bond acceptors (Lipinski definition) is 6. The topological polar surface area (TPSA) is 73.8 Å². The minimum absolute atomic E-state index is 0.0348. The first-order valence-corrected chi connectivity index (χ1v) is 8.41. The van der Waals surface area contributed by atoms with E-state index in [1.807, 2.05) is 29.2 Å². The Morgan fingerprint density at radius 1 is 1.12 bits per heavy atom. The van der Waals surface area contributed by atoms with Crippen molar-refractivity contribution in [3.8, 4) is 17.4 Å². The molecule has 1 aromatic carbocycles. The predicted molar refractivity (Wildman–Crippen MR) is 88.6 cm³/mol. The Labute approximate surface area is 145 Å². The zero-order valence-electron chi connectivity index (χ0n) is 13.7. The molecular formula is C18H19N3O4. The minimum Gasteiger partial charge on any atom is -0.485 e. The van der Waals surface area contributed by atoms with Crippen LogP contribution in [-0.2, 0) is 4.79 Å². The molecule has 0 saturated carbocycles. The number of carbonyl (C=O) groups is 1. The van der Waals surface area contributed by atoms with Crippen LogP contribution in [0.1, 0.15) is 12.8 Å². The molecule has 1 fully saturated rings. The number of hydrogen-bond donors (Lipinski definition) is 0. The number of benzene rings is 1. The molecule has 1 saturated heterocycles. The van der Waals surface area contributed by atoms with Crippen LogP contribution in [0.25, 0.3) is 0 Å². The maximum atomic E-state index is 12.7. The van der Waals surface area contributed by atoms with Gasteiger partial charge < -0.3 is 19.1 Å². The van der Waals surface area contributed by atoms with E-state index in [1.165, 1.54) is 0 Å². The summed E-state index contributed by atoms with van der Waals surface area (Å²) in [5, 5.41) is 7.74. The number of fused-ring (bicyclic) bond motifs is 1. The lowest BCUT2D eigenvalue weighted by molar-refractivity contribution is -0.143. The highest BCUT2D eigenvalue weighted by Crippen LogP contribution is 2.31. The summed E-state index contributed by atoms with van der Waals surface area (Å²) in [6.45, 7) is 1.50. The van der Waals surface area contributed by atoms with Crippen LogP contribution in [0.5, 0.6) is 17.4 Å². The monoisotopic (exact) mass is 341 g/mol. The van der Waals surface area contributed by atoms with E-state index in [-0.39, 0.29) is 18.6 Å². The highest BCUT2D eigenvalue weighted by Gasteiger charge is 2.33. The Hall–Kier alpha value is -2.83. The number of nitrogens with zero attached hydrogens (tertiary/aromatic N) is 3. The molecule has 7 nitrogen and oxygen atoms in total. The molecule has 3 heterocycles. The summed E-state index contributed by atoms with van der Waals surface area (Å²) in [6, 6.07) is 11.0. The van der Waals surface area contributed by atoms with Crippen LogP contribution in [0.3, 0.4) is 0 Å². The summed E-state index contributed by atoms with van der Waals surface area (Å²) in [7, 11) is 0. The first kappa shape index (κ1) is 15.7. The van der Waals surface area contributed by atoms with Crippen molar-refractivity contribution in [1.82, 2.24) is 15.1 Å². The Morgan fingerprint density at radius 3 is 2.68 bits per heavy atom. The molecular weight excluding hydrogens is 322 g/mol. The zero-order chi connectivity index (χ0) is 17.1. The SMILES string of the molecule is O=C([C@@H]1COc2ccccc2O1)N1CCC(Oc2cccnn2)CC1. The van der Waals surface area contributed by atoms with Gasteiger partial charge in [0, 0.05) is 38.2 Å². The Kier molecular flexibility index (Phi) is 4.37. The van der Waals surface area contributed by atoms with Crippen LogP contribution in [0, 0.1) is 0 Å². The second-order valence-corrected chi connectivity index (χ2v) is 6.07. The summed E-state index contributed by atoms with van der Waals surface area (Å²) in [4.78, 5) is 14.5. The van der Waals surface area contributed by atoms with Gasteiger partial charge >= 0.3 is 0 Å². The molecule has 1 atom stereocenters. The summed E-state index contributed by atoms with van der Waals surface area (Å²) in [5.74, 6) is 1.79. The third-order valence-electron chi connectivity index (χ3n) is 4.37. The van der Waals surface area contributed by atoms with E-state index in [1.54, 1.807) is 18.3 Å². The number of para-hydroxylation sites is 2. The van der Waals surface area contributed by atoms with E-state index in [2.05, 4.69) is 10.2 Å². The van der Waals surface area contributed by atoms with E-state index in [0.29, 0.717) is 30.5 Å². The van der Waals surface area contributed by atoms with Crippen molar-refractivity contribution in [2.45, 2.75) is 25.0 Å². The minimum atomic E-state index is -0.590. The van der Waals surface area contributed by atoms with Gasteiger partial charge in [0.1, 0.15) is 12.7 Å². The summed E-state index contributed by atoms with van der Waals surface area (Å²) < 4.78 is 17.2. The van der Waals surface area contributed by atoms with Crippen molar-refractivity contribution in [3.05, 3.63) is 42.6 Å². The fourth-order valence-corrected chi connectivity index (χ4v) is 3.06. The lowest BCUT2D eigenvalue weighted by Crippen LogP contribution is -2.50. The van der Waals surface area contributed by atoms with Gasteiger partial charge in [0.25, 0.3) is 5.91 Å².